The Morgan fingerprint density at radius 2 is 2.11 bits per heavy atom. The van der Waals surface area contributed by atoms with Crippen LogP contribution in [0, 0.1) is 6.92 Å². The van der Waals surface area contributed by atoms with Crippen molar-refractivity contribution >= 4 is 11.8 Å². The lowest BCUT2D eigenvalue weighted by Crippen LogP contribution is -2.61. The Morgan fingerprint density at radius 1 is 1.39 bits per heavy atom. The number of aryl methyl sites for hydroxylation is 1. The smallest absolute Gasteiger partial charge is 0.245 e. The van der Waals surface area contributed by atoms with E-state index >= 15 is 0 Å². The maximum absolute atomic E-state index is 12.1. The molecule has 0 radical (unpaired) electrons. The Bertz CT molecular complexity index is 467. The normalized spacial score (nSPS) is 24.3. The molecule has 5 heteroatoms. The van der Waals surface area contributed by atoms with Crippen molar-refractivity contribution in [1.82, 2.24) is 10.2 Å². The number of rotatable bonds is 3. The average Bonchev–Trinajstić information content (AvgIpc) is 2.72. The number of furan rings is 1. The molecule has 2 rings (SSSR count). The van der Waals surface area contributed by atoms with Crippen molar-refractivity contribution in [2.75, 3.05) is 0 Å². The topological polar surface area (TPSA) is 62.6 Å². The van der Waals surface area contributed by atoms with Gasteiger partial charge in [-0.3, -0.25) is 9.59 Å². The van der Waals surface area contributed by atoms with Gasteiger partial charge >= 0.3 is 0 Å². The third-order valence-corrected chi connectivity index (χ3v) is 3.20. The van der Waals surface area contributed by atoms with E-state index in [4.69, 9.17) is 4.42 Å². The number of nitrogens with one attached hydrogen (secondary N) is 1. The zero-order valence-corrected chi connectivity index (χ0v) is 10.9. The van der Waals surface area contributed by atoms with E-state index in [1.807, 2.05) is 26.0 Å². The van der Waals surface area contributed by atoms with Crippen molar-refractivity contribution < 1.29 is 14.0 Å². The zero-order chi connectivity index (χ0) is 13.3. The molecule has 0 aromatic carbocycles. The Morgan fingerprint density at radius 3 is 2.67 bits per heavy atom. The second-order valence-corrected chi connectivity index (χ2v) is 4.63. The molecule has 1 fully saturated rings. The van der Waals surface area contributed by atoms with Gasteiger partial charge in [0, 0.05) is 0 Å². The quantitative estimate of drug-likeness (QED) is 0.877. The van der Waals surface area contributed by atoms with E-state index in [2.05, 4.69) is 5.32 Å². The molecule has 1 aromatic heterocycles. The van der Waals surface area contributed by atoms with Crippen LogP contribution in [-0.2, 0) is 16.1 Å². The number of hydrogen-bond acceptors (Lipinski definition) is 3. The summed E-state index contributed by atoms with van der Waals surface area (Å²) in [6.07, 6.45) is 0.601. The highest BCUT2D eigenvalue weighted by Gasteiger charge is 2.37. The van der Waals surface area contributed by atoms with Gasteiger partial charge < -0.3 is 14.6 Å². The van der Waals surface area contributed by atoms with Crippen LogP contribution in [0.4, 0.5) is 0 Å². The first kappa shape index (κ1) is 12.7. The SMILES string of the molecule is CCC1C(=O)NC(C)C(=O)N1Cc1ccc(C)o1. The molecular weight excluding hydrogens is 232 g/mol. The zero-order valence-electron chi connectivity index (χ0n) is 10.9. The van der Waals surface area contributed by atoms with Crippen LogP contribution in [0.1, 0.15) is 31.8 Å². The largest absolute Gasteiger partial charge is 0.464 e. The van der Waals surface area contributed by atoms with E-state index in [-0.39, 0.29) is 11.8 Å². The van der Waals surface area contributed by atoms with Crippen molar-refractivity contribution in [2.24, 2.45) is 0 Å². The lowest BCUT2D eigenvalue weighted by atomic mass is 10.1. The molecule has 1 aliphatic rings. The average molecular weight is 250 g/mol. The molecule has 2 heterocycles. The van der Waals surface area contributed by atoms with Crippen molar-refractivity contribution in [1.29, 1.82) is 0 Å². The minimum absolute atomic E-state index is 0.0597. The van der Waals surface area contributed by atoms with Crippen molar-refractivity contribution in [2.45, 2.75) is 45.8 Å². The van der Waals surface area contributed by atoms with Crippen LogP contribution in [0.2, 0.25) is 0 Å². The van der Waals surface area contributed by atoms with Gasteiger partial charge in [0.1, 0.15) is 23.6 Å². The second kappa shape index (κ2) is 4.84. The molecule has 2 unspecified atom stereocenters. The highest BCUT2D eigenvalue weighted by molar-refractivity contribution is 5.96. The van der Waals surface area contributed by atoms with E-state index in [0.717, 1.165) is 5.76 Å². The molecule has 2 atom stereocenters. The molecule has 0 spiro atoms. The summed E-state index contributed by atoms with van der Waals surface area (Å²) in [5.41, 5.74) is 0. The lowest BCUT2D eigenvalue weighted by Gasteiger charge is -2.37. The maximum Gasteiger partial charge on any atom is 0.245 e. The van der Waals surface area contributed by atoms with Crippen molar-refractivity contribution in [3.05, 3.63) is 23.7 Å². The molecule has 1 aromatic rings. The molecule has 1 saturated heterocycles. The van der Waals surface area contributed by atoms with E-state index in [1.165, 1.54) is 0 Å². The van der Waals surface area contributed by atoms with E-state index < -0.39 is 12.1 Å². The molecule has 0 bridgehead atoms. The minimum Gasteiger partial charge on any atom is -0.464 e. The standard InChI is InChI=1S/C13H18N2O3/c1-4-11-12(16)14-9(3)13(17)15(11)7-10-6-5-8(2)18-10/h5-6,9,11H,4,7H2,1-3H3,(H,14,16). The third kappa shape index (κ3) is 2.25. The van der Waals surface area contributed by atoms with E-state index in [1.54, 1.807) is 11.8 Å². The fraction of sp³-hybridized carbons (Fsp3) is 0.538. The molecular formula is C13H18N2O3. The van der Waals surface area contributed by atoms with Crippen LogP contribution in [0.3, 0.4) is 0 Å². The Balaban J connectivity index is 2.20. The summed E-state index contributed by atoms with van der Waals surface area (Å²) in [6.45, 7) is 5.80. The molecule has 0 aliphatic carbocycles. The van der Waals surface area contributed by atoms with Crippen molar-refractivity contribution in [3.63, 3.8) is 0 Å². The summed E-state index contributed by atoms with van der Waals surface area (Å²) in [6, 6.07) is 2.83. The number of nitrogens with zero attached hydrogens (tertiary/aromatic N) is 1. The van der Waals surface area contributed by atoms with Gasteiger partial charge in [0.25, 0.3) is 0 Å². The monoisotopic (exact) mass is 250 g/mol. The number of hydrogen-bond donors (Lipinski definition) is 1. The Hall–Kier alpha value is -1.78. The highest BCUT2D eigenvalue weighted by Crippen LogP contribution is 2.18. The van der Waals surface area contributed by atoms with Gasteiger partial charge in [0.2, 0.25) is 11.8 Å². The fourth-order valence-electron chi connectivity index (χ4n) is 2.25. The first-order valence-corrected chi connectivity index (χ1v) is 6.19. The molecule has 0 saturated carbocycles. The van der Waals surface area contributed by atoms with Crippen LogP contribution >= 0.6 is 0 Å². The summed E-state index contributed by atoms with van der Waals surface area (Å²) in [5, 5.41) is 2.69. The number of piperazine rings is 1. The Labute approximate surface area is 106 Å². The first-order chi connectivity index (χ1) is 8.52. The van der Waals surface area contributed by atoms with Gasteiger partial charge in [-0.1, -0.05) is 6.92 Å². The molecule has 1 aliphatic heterocycles. The molecule has 18 heavy (non-hydrogen) atoms. The van der Waals surface area contributed by atoms with Crippen LogP contribution in [0.25, 0.3) is 0 Å². The van der Waals surface area contributed by atoms with E-state index in [9.17, 15) is 9.59 Å². The highest BCUT2D eigenvalue weighted by atomic mass is 16.3. The summed E-state index contributed by atoms with van der Waals surface area (Å²) in [4.78, 5) is 25.6. The first-order valence-electron chi connectivity index (χ1n) is 6.19. The van der Waals surface area contributed by atoms with Gasteiger partial charge in [-0.2, -0.15) is 0 Å². The molecule has 5 nitrogen and oxygen atoms in total. The van der Waals surface area contributed by atoms with Gasteiger partial charge in [-0.05, 0) is 32.4 Å². The lowest BCUT2D eigenvalue weighted by molar-refractivity contribution is -0.149. The van der Waals surface area contributed by atoms with Gasteiger partial charge in [0.05, 0.1) is 6.54 Å². The van der Waals surface area contributed by atoms with Gasteiger partial charge in [-0.15, -0.1) is 0 Å². The summed E-state index contributed by atoms with van der Waals surface area (Å²) in [5.74, 6) is 1.37. The summed E-state index contributed by atoms with van der Waals surface area (Å²) < 4.78 is 5.47. The number of amides is 2. The van der Waals surface area contributed by atoms with E-state index in [0.29, 0.717) is 18.7 Å². The van der Waals surface area contributed by atoms with Crippen LogP contribution in [0.15, 0.2) is 16.5 Å². The third-order valence-electron chi connectivity index (χ3n) is 3.20. The minimum atomic E-state index is -0.462. The van der Waals surface area contributed by atoms with Gasteiger partial charge in [-0.25, -0.2) is 0 Å². The Kier molecular flexibility index (Phi) is 3.41. The van der Waals surface area contributed by atoms with Crippen molar-refractivity contribution in [3.8, 4) is 0 Å². The molecule has 2 amide bonds. The predicted molar refractivity (Wildman–Crippen MR) is 65.7 cm³/mol. The second-order valence-electron chi connectivity index (χ2n) is 4.63. The van der Waals surface area contributed by atoms with Crippen LogP contribution in [0.5, 0.6) is 0 Å². The summed E-state index contributed by atoms with van der Waals surface area (Å²) >= 11 is 0. The van der Waals surface area contributed by atoms with Crippen LogP contribution in [-0.4, -0.2) is 28.8 Å². The number of carbonyl (C=O) groups excluding carboxylic acids is 2. The number of carbonyl (C=O) groups is 2. The summed E-state index contributed by atoms with van der Waals surface area (Å²) in [7, 11) is 0. The van der Waals surface area contributed by atoms with Gasteiger partial charge in [0.15, 0.2) is 0 Å². The predicted octanol–water partition coefficient (Wildman–Crippen LogP) is 1.21. The fourth-order valence-corrected chi connectivity index (χ4v) is 2.25. The molecule has 1 N–H and O–H groups in total. The maximum atomic E-state index is 12.1. The molecule has 98 valence electrons. The van der Waals surface area contributed by atoms with Crippen LogP contribution < -0.4 is 5.32 Å².